The number of amides is 1. The summed E-state index contributed by atoms with van der Waals surface area (Å²) in [7, 11) is 0. The molecule has 1 saturated carbocycles. The largest absolute Gasteiger partial charge is 0.356 e. The van der Waals surface area contributed by atoms with E-state index in [1.807, 2.05) is 0 Å². The Morgan fingerprint density at radius 1 is 1.40 bits per heavy atom. The summed E-state index contributed by atoms with van der Waals surface area (Å²) in [6, 6.07) is 0. The van der Waals surface area contributed by atoms with Gasteiger partial charge in [-0.25, -0.2) is 0 Å². The van der Waals surface area contributed by atoms with Crippen LogP contribution in [0.25, 0.3) is 0 Å². The molecular weight excluding hydrogens is 210 g/mol. The Morgan fingerprint density at radius 2 is 2.00 bits per heavy atom. The number of halogens is 1. The minimum Gasteiger partial charge on any atom is -0.356 e. The molecular formula is C12H22ClNO. The molecule has 1 aliphatic carbocycles. The van der Waals surface area contributed by atoms with Crippen LogP contribution in [0.1, 0.15) is 46.0 Å². The monoisotopic (exact) mass is 231 g/mol. The summed E-state index contributed by atoms with van der Waals surface area (Å²) >= 11 is 5.51. The lowest BCUT2D eigenvalue weighted by atomic mass is 9.78. The van der Waals surface area contributed by atoms with Crippen molar-refractivity contribution in [1.82, 2.24) is 5.32 Å². The first-order valence-electron chi connectivity index (χ1n) is 5.89. The number of hydrogen-bond acceptors (Lipinski definition) is 1. The molecule has 0 aromatic rings. The third-order valence-corrected chi connectivity index (χ3v) is 3.71. The first-order chi connectivity index (χ1) is 7.06. The van der Waals surface area contributed by atoms with E-state index in [-0.39, 0.29) is 11.3 Å². The smallest absolute Gasteiger partial charge is 0.221 e. The maximum absolute atomic E-state index is 11.3. The normalized spacial score (nSPS) is 18.1. The van der Waals surface area contributed by atoms with E-state index in [0.717, 1.165) is 12.5 Å². The summed E-state index contributed by atoms with van der Waals surface area (Å²) in [6.45, 7) is 5.29. The fourth-order valence-corrected chi connectivity index (χ4v) is 2.52. The van der Waals surface area contributed by atoms with E-state index in [4.69, 9.17) is 11.6 Å². The Kier molecular flexibility index (Phi) is 4.91. The average Bonchev–Trinajstić information content (AvgIpc) is 2.69. The van der Waals surface area contributed by atoms with Crippen LogP contribution in [-0.4, -0.2) is 18.3 Å². The highest BCUT2D eigenvalue weighted by Gasteiger charge is 2.31. The molecule has 3 heteroatoms. The molecule has 1 rings (SSSR count). The van der Waals surface area contributed by atoms with Gasteiger partial charge in [0.15, 0.2) is 0 Å². The van der Waals surface area contributed by atoms with E-state index < -0.39 is 0 Å². The van der Waals surface area contributed by atoms with Crippen LogP contribution in [0.4, 0.5) is 0 Å². The zero-order valence-electron chi connectivity index (χ0n) is 9.81. The second-order valence-electron chi connectivity index (χ2n) is 5.19. The van der Waals surface area contributed by atoms with Gasteiger partial charge < -0.3 is 5.32 Å². The van der Waals surface area contributed by atoms with Crippen LogP contribution in [0.5, 0.6) is 0 Å². The van der Waals surface area contributed by atoms with E-state index in [1.165, 1.54) is 25.7 Å². The van der Waals surface area contributed by atoms with Crippen LogP contribution < -0.4 is 5.32 Å². The molecule has 0 aromatic heterocycles. The van der Waals surface area contributed by atoms with E-state index in [1.54, 1.807) is 0 Å². The second kappa shape index (κ2) is 5.74. The van der Waals surface area contributed by atoms with Crippen molar-refractivity contribution >= 4 is 17.5 Å². The number of alkyl halides is 1. The Morgan fingerprint density at radius 3 is 2.53 bits per heavy atom. The van der Waals surface area contributed by atoms with Crippen molar-refractivity contribution in [3.05, 3.63) is 0 Å². The van der Waals surface area contributed by atoms with Gasteiger partial charge in [-0.05, 0) is 24.2 Å². The first-order valence-corrected chi connectivity index (χ1v) is 6.42. The summed E-state index contributed by atoms with van der Waals surface area (Å²) in [5.41, 5.74) is 0.235. The van der Waals surface area contributed by atoms with Crippen LogP contribution in [0.15, 0.2) is 0 Å². The van der Waals surface area contributed by atoms with Crippen LogP contribution >= 0.6 is 11.6 Å². The molecule has 0 spiro atoms. The van der Waals surface area contributed by atoms with Crippen LogP contribution in [0, 0.1) is 11.3 Å². The molecule has 0 bridgehead atoms. The second-order valence-corrected chi connectivity index (χ2v) is 5.56. The van der Waals surface area contributed by atoms with Crippen molar-refractivity contribution < 1.29 is 4.79 Å². The summed E-state index contributed by atoms with van der Waals surface area (Å²) in [5.74, 6) is 1.26. The fraction of sp³-hybridized carbons (Fsp3) is 0.917. The maximum Gasteiger partial charge on any atom is 0.221 e. The predicted octanol–water partition coefficient (Wildman–Crippen LogP) is 2.95. The van der Waals surface area contributed by atoms with Gasteiger partial charge in [0.2, 0.25) is 5.91 Å². The maximum atomic E-state index is 11.3. The molecule has 0 aliphatic heterocycles. The van der Waals surface area contributed by atoms with E-state index >= 15 is 0 Å². The number of hydrogen-bond donors (Lipinski definition) is 1. The Hall–Kier alpha value is -0.240. The van der Waals surface area contributed by atoms with E-state index in [0.29, 0.717) is 12.3 Å². The molecule has 15 heavy (non-hydrogen) atoms. The van der Waals surface area contributed by atoms with Crippen molar-refractivity contribution in [2.24, 2.45) is 11.3 Å². The Bertz CT molecular complexity index is 210. The lowest BCUT2D eigenvalue weighted by Gasteiger charge is -2.31. The molecule has 0 heterocycles. The highest BCUT2D eigenvalue weighted by molar-refractivity contribution is 6.18. The lowest BCUT2D eigenvalue weighted by Crippen LogP contribution is -2.37. The molecule has 0 radical (unpaired) electrons. The first kappa shape index (κ1) is 12.8. The van der Waals surface area contributed by atoms with E-state index in [2.05, 4.69) is 19.2 Å². The van der Waals surface area contributed by atoms with Crippen LogP contribution in [0.2, 0.25) is 0 Å². The number of rotatable bonds is 5. The molecule has 0 aromatic carbocycles. The molecule has 2 nitrogen and oxygen atoms in total. The zero-order valence-corrected chi connectivity index (χ0v) is 10.6. The molecule has 88 valence electrons. The Balaban J connectivity index is 2.31. The van der Waals surface area contributed by atoms with Crippen LogP contribution in [-0.2, 0) is 4.79 Å². The number of carbonyl (C=O) groups is 1. The average molecular weight is 232 g/mol. The van der Waals surface area contributed by atoms with Gasteiger partial charge in [-0.1, -0.05) is 26.7 Å². The van der Waals surface area contributed by atoms with Gasteiger partial charge in [0.1, 0.15) is 0 Å². The zero-order chi connectivity index (χ0) is 11.3. The SMILES string of the molecule is CC(C)(CNC(=O)CCCl)C1CCCC1. The van der Waals surface area contributed by atoms with Gasteiger partial charge >= 0.3 is 0 Å². The standard InChI is InChI=1S/C12H22ClNO/c1-12(2,10-5-3-4-6-10)9-14-11(15)7-8-13/h10H,3-9H2,1-2H3,(H,14,15). The summed E-state index contributed by atoms with van der Waals surface area (Å²) < 4.78 is 0. The third kappa shape index (κ3) is 4.02. The highest BCUT2D eigenvalue weighted by Crippen LogP contribution is 2.38. The molecule has 1 aliphatic rings. The van der Waals surface area contributed by atoms with Gasteiger partial charge in [0.05, 0.1) is 0 Å². The predicted molar refractivity (Wildman–Crippen MR) is 64.1 cm³/mol. The summed E-state index contributed by atoms with van der Waals surface area (Å²) in [6.07, 6.45) is 5.77. The molecule has 1 amide bonds. The number of nitrogens with one attached hydrogen (secondary N) is 1. The van der Waals surface area contributed by atoms with Gasteiger partial charge in [-0.2, -0.15) is 0 Å². The molecule has 1 N–H and O–H groups in total. The van der Waals surface area contributed by atoms with Crippen molar-refractivity contribution in [2.45, 2.75) is 46.0 Å². The van der Waals surface area contributed by atoms with Crippen molar-refractivity contribution in [1.29, 1.82) is 0 Å². The summed E-state index contributed by atoms with van der Waals surface area (Å²) in [4.78, 5) is 11.3. The quantitative estimate of drug-likeness (QED) is 0.725. The van der Waals surface area contributed by atoms with Crippen molar-refractivity contribution in [3.63, 3.8) is 0 Å². The van der Waals surface area contributed by atoms with Crippen molar-refractivity contribution in [2.75, 3.05) is 12.4 Å². The van der Waals surface area contributed by atoms with Gasteiger partial charge in [-0.3, -0.25) is 4.79 Å². The van der Waals surface area contributed by atoms with Gasteiger partial charge in [-0.15, -0.1) is 11.6 Å². The Labute approximate surface area is 97.8 Å². The minimum atomic E-state index is 0.0797. The lowest BCUT2D eigenvalue weighted by molar-refractivity contribution is -0.121. The fourth-order valence-electron chi connectivity index (χ4n) is 2.35. The molecule has 0 saturated heterocycles. The van der Waals surface area contributed by atoms with Gasteiger partial charge in [0, 0.05) is 18.8 Å². The molecule has 0 unspecified atom stereocenters. The van der Waals surface area contributed by atoms with Crippen molar-refractivity contribution in [3.8, 4) is 0 Å². The van der Waals surface area contributed by atoms with Gasteiger partial charge in [0.25, 0.3) is 0 Å². The molecule has 0 atom stereocenters. The number of carbonyl (C=O) groups excluding carboxylic acids is 1. The third-order valence-electron chi connectivity index (χ3n) is 3.52. The minimum absolute atomic E-state index is 0.0797. The van der Waals surface area contributed by atoms with E-state index in [9.17, 15) is 4.79 Å². The van der Waals surface area contributed by atoms with Crippen LogP contribution in [0.3, 0.4) is 0 Å². The highest BCUT2D eigenvalue weighted by atomic mass is 35.5. The topological polar surface area (TPSA) is 29.1 Å². The summed E-state index contributed by atoms with van der Waals surface area (Å²) in [5, 5.41) is 2.98. The molecule has 1 fully saturated rings.